The van der Waals surface area contributed by atoms with Crippen LogP contribution in [0.1, 0.15) is 48.6 Å². The van der Waals surface area contributed by atoms with Crippen LogP contribution >= 0.6 is 0 Å². The Kier molecular flexibility index (Phi) is 4.24. The van der Waals surface area contributed by atoms with Crippen molar-refractivity contribution in [2.24, 2.45) is 24.6 Å². The largest absolute Gasteiger partial charge is 0.368 e. The molecule has 2 aliphatic carbocycles. The lowest BCUT2D eigenvalue weighted by Crippen LogP contribution is -2.44. The molecule has 0 spiro atoms. The van der Waals surface area contributed by atoms with Gasteiger partial charge in [0.05, 0.1) is 23.3 Å². The maximum absolute atomic E-state index is 13.0. The molecule has 2 saturated carbocycles. The summed E-state index contributed by atoms with van der Waals surface area (Å²) in [6.45, 7) is 0.535. The number of hydrogen-bond acceptors (Lipinski definition) is 6. The Hall–Kier alpha value is -3.43. The molecule has 0 bridgehead atoms. The first-order valence-corrected chi connectivity index (χ1v) is 11.2. The highest BCUT2D eigenvalue weighted by Crippen LogP contribution is 2.56. The monoisotopic (exact) mass is 434 g/mol. The van der Waals surface area contributed by atoms with Crippen LogP contribution in [0.3, 0.4) is 0 Å². The Bertz CT molecular complexity index is 1220. The van der Waals surface area contributed by atoms with E-state index in [1.807, 2.05) is 17.1 Å². The fraction of sp³-hybridized carbons (Fsp3) is 0.500. The fourth-order valence-corrected chi connectivity index (χ4v) is 5.47. The van der Waals surface area contributed by atoms with Gasteiger partial charge in [-0.05, 0) is 50.0 Å². The lowest BCUT2D eigenvalue weighted by Gasteiger charge is -2.22. The highest BCUT2D eigenvalue weighted by Gasteiger charge is 2.47. The van der Waals surface area contributed by atoms with Crippen molar-refractivity contribution in [2.45, 2.75) is 44.2 Å². The first-order valence-electron chi connectivity index (χ1n) is 11.2. The summed E-state index contributed by atoms with van der Waals surface area (Å²) in [5.41, 5.74) is 7.50. The number of carbonyl (C=O) groups is 2. The van der Waals surface area contributed by atoms with Crippen LogP contribution in [0.15, 0.2) is 24.7 Å². The molecule has 1 saturated heterocycles. The molecule has 4 heterocycles. The standard InChI is InChI=1S/C22H26N8O2/c1-28-11-15(8-18(28)21(32)29-4-2-3-17(29)19(23)31)26-22-24-9-14-10-25-30(20(14)27-22)16-6-12-5-13(12)7-16/h8-13,16-17H,2-7H2,1H3,(H2,23,31)(H,24,26,27)/t12-,13+,16?,17-/m0/s1. The number of anilines is 2. The van der Waals surface area contributed by atoms with Gasteiger partial charge >= 0.3 is 0 Å². The van der Waals surface area contributed by atoms with E-state index in [0.717, 1.165) is 29.3 Å². The second kappa shape index (κ2) is 7.04. The van der Waals surface area contributed by atoms with E-state index in [4.69, 9.17) is 10.7 Å². The SMILES string of the molecule is Cn1cc(Nc2ncc3cnn(C4C[C@@H]5C[C@@H]5C4)c3n2)cc1C(=O)N1CCC[C@H]1C(N)=O. The Morgan fingerprint density at radius 1 is 1.19 bits per heavy atom. The van der Waals surface area contributed by atoms with Crippen molar-refractivity contribution in [1.82, 2.24) is 29.2 Å². The third-order valence-corrected chi connectivity index (χ3v) is 7.22. The lowest BCUT2D eigenvalue weighted by atomic mass is 10.2. The molecule has 6 rings (SSSR count). The number of likely N-dealkylation sites (tertiary alicyclic amines) is 1. The van der Waals surface area contributed by atoms with Crippen LogP contribution in [-0.2, 0) is 11.8 Å². The number of fused-ring (bicyclic) bond motifs is 2. The zero-order valence-electron chi connectivity index (χ0n) is 17.9. The molecule has 1 unspecified atom stereocenters. The lowest BCUT2D eigenvalue weighted by molar-refractivity contribution is -0.121. The van der Waals surface area contributed by atoms with Crippen molar-refractivity contribution in [3.8, 4) is 0 Å². The molecular weight excluding hydrogens is 408 g/mol. The molecule has 166 valence electrons. The minimum absolute atomic E-state index is 0.198. The average molecular weight is 435 g/mol. The van der Waals surface area contributed by atoms with Gasteiger partial charge in [0.2, 0.25) is 11.9 Å². The second-order valence-electron chi connectivity index (χ2n) is 9.35. The molecule has 32 heavy (non-hydrogen) atoms. The number of carbonyl (C=O) groups excluding carboxylic acids is 2. The van der Waals surface area contributed by atoms with Gasteiger partial charge in [-0.1, -0.05) is 0 Å². The quantitative estimate of drug-likeness (QED) is 0.633. The van der Waals surface area contributed by atoms with E-state index in [2.05, 4.69) is 15.4 Å². The fourth-order valence-electron chi connectivity index (χ4n) is 5.47. The minimum atomic E-state index is -0.540. The van der Waals surface area contributed by atoms with Crippen LogP contribution in [0.25, 0.3) is 11.0 Å². The van der Waals surface area contributed by atoms with E-state index < -0.39 is 11.9 Å². The summed E-state index contributed by atoms with van der Waals surface area (Å²) in [4.78, 5) is 35.4. The van der Waals surface area contributed by atoms with E-state index in [9.17, 15) is 9.59 Å². The molecule has 0 aromatic carbocycles. The van der Waals surface area contributed by atoms with Crippen LogP contribution < -0.4 is 11.1 Å². The van der Waals surface area contributed by atoms with Gasteiger partial charge in [0.25, 0.3) is 5.91 Å². The van der Waals surface area contributed by atoms with Crippen molar-refractivity contribution in [2.75, 3.05) is 11.9 Å². The normalized spacial score (nSPS) is 26.5. The molecule has 2 amide bonds. The molecule has 3 aliphatic rings. The zero-order chi connectivity index (χ0) is 22.0. The van der Waals surface area contributed by atoms with Gasteiger partial charge in [-0.2, -0.15) is 10.1 Å². The average Bonchev–Trinajstić information content (AvgIpc) is 3.26. The van der Waals surface area contributed by atoms with Crippen molar-refractivity contribution < 1.29 is 9.59 Å². The number of primary amides is 1. The van der Waals surface area contributed by atoms with Gasteiger partial charge in [0.15, 0.2) is 5.65 Å². The smallest absolute Gasteiger partial charge is 0.271 e. The third kappa shape index (κ3) is 3.12. The minimum Gasteiger partial charge on any atom is -0.368 e. The van der Waals surface area contributed by atoms with Gasteiger partial charge in [-0.25, -0.2) is 9.67 Å². The number of amides is 2. The maximum atomic E-state index is 13.0. The predicted molar refractivity (Wildman–Crippen MR) is 117 cm³/mol. The maximum Gasteiger partial charge on any atom is 0.271 e. The van der Waals surface area contributed by atoms with E-state index in [1.54, 1.807) is 28.8 Å². The molecule has 3 aromatic rings. The number of hydrogen-bond donors (Lipinski definition) is 2. The molecule has 10 heteroatoms. The summed E-state index contributed by atoms with van der Waals surface area (Å²) in [5.74, 6) is 1.54. The van der Waals surface area contributed by atoms with Crippen LogP contribution in [0.5, 0.6) is 0 Å². The van der Waals surface area contributed by atoms with Crippen LogP contribution in [0.4, 0.5) is 11.6 Å². The number of aryl methyl sites for hydroxylation is 1. The van der Waals surface area contributed by atoms with Gasteiger partial charge in [0.1, 0.15) is 11.7 Å². The van der Waals surface area contributed by atoms with E-state index in [-0.39, 0.29) is 5.91 Å². The van der Waals surface area contributed by atoms with Crippen LogP contribution in [0.2, 0.25) is 0 Å². The molecule has 3 fully saturated rings. The van der Waals surface area contributed by atoms with Gasteiger partial charge in [-0.15, -0.1) is 0 Å². The van der Waals surface area contributed by atoms with Crippen LogP contribution in [0, 0.1) is 11.8 Å². The molecule has 4 atom stereocenters. The van der Waals surface area contributed by atoms with Crippen molar-refractivity contribution in [1.29, 1.82) is 0 Å². The first-order chi connectivity index (χ1) is 15.5. The highest BCUT2D eigenvalue weighted by molar-refractivity contribution is 5.97. The summed E-state index contributed by atoms with van der Waals surface area (Å²) in [5, 5.41) is 8.72. The topological polar surface area (TPSA) is 124 Å². The van der Waals surface area contributed by atoms with Gasteiger partial charge < -0.3 is 20.5 Å². The summed E-state index contributed by atoms with van der Waals surface area (Å²) < 4.78 is 3.79. The third-order valence-electron chi connectivity index (χ3n) is 7.22. The summed E-state index contributed by atoms with van der Waals surface area (Å²) >= 11 is 0. The molecule has 10 nitrogen and oxygen atoms in total. The Balaban J connectivity index is 1.24. The summed E-state index contributed by atoms with van der Waals surface area (Å²) in [6, 6.07) is 1.63. The second-order valence-corrected chi connectivity index (χ2v) is 9.35. The number of nitrogens with two attached hydrogens (primary N) is 1. The number of rotatable bonds is 5. The van der Waals surface area contributed by atoms with Crippen molar-refractivity contribution in [3.63, 3.8) is 0 Å². The van der Waals surface area contributed by atoms with E-state index in [0.29, 0.717) is 36.3 Å². The summed E-state index contributed by atoms with van der Waals surface area (Å²) in [6.07, 6.45) is 10.5. The summed E-state index contributed by atoms with van der Waals surface area (Å²) in [7, 11) is 1.80. The molecule has 3 aromatic heterocycles. The number of nitrogens with one attached hydrogen (secondary N) is 1. The van der Waals surface area contributed by atoms with Crippen molar-refractivity contribution in [3.05, 3.63) is 30.4 Å². The molecular formula is C22H26N8O2. The Labute approximate surface area is 184 Å². The Morgan fingerprint density at radius 3 is 2.78 bits per heavy atom. The number of nitrogens with zero attached hydrogens (tertiary/aromatic N) is 6. The van der Waals surface area contributed by atoms with Crippen LogP contribution in [-0.4, -0.2) is 53.6 Å². The molecule has 1 aliphatic heterocycles. The number of aromatic nitrogens is 5. The van der Waals surface area contributed by atoms with Crippen molar-refractivity contribution >= 4 is 34.5 Å². The van der Waals surface area contributed by atoms with Gasteiger partial charge in [-0.3, -0.25) is 9.59 Å². The highest BCUT2D eigenvalue weighted by atomic mass is 16.2. The Morgan fingerprint density at radius 2 is 2.00 bits per heavy atom. The van der Waals surface area contributed by atoms with E-state index >= 15 is 0 Å². The molecule has 0 radical (unpaired) electrons. The predicted octanol–water partition coefficient (Wildman–Crippen LogP) is 1.97. The van der Waals surface area contributed by atoms with Gasteiger partial charge in [0, 0.05) is 26.0 Å². The first kappa shape index (κ1) is 19.3. The van der Waals surface area contributed by atoms with E-state index in [1.165, 1.54) is 19.3 Å². The molecule has 3 N–H and O–H groups in total. The zero-order valence-corrected chi connectivity index (χ0v) is 17.9.